The molecule has 7 nitrogen and oxygen atoms in total. The molecule has 1 aromatic rings. The van der Waals surface area contributed by atoms with Gasteiger partial charge >= 0.3 is 0 Å². The third kappa shape index (κ3) is 7.06. The molecular formula is C20H35IN6OS. The van der Waals surface area contributed by atoms with Gasteiger partial charge in [-0.15, -0.1) is 35.3 Å². The lowest BCUT2D eigenvalue weighted by molar-refractivity contribution is -0.133. The Hall–Kier alpha value is -0.940. The second-order valence-electron chi connectivity index (χ2n) is 7.67. The maximum Gasteiger partial charge on any atom is 0.236 e. The van der Waals surface area contributed by atoms with Crippen molar-refractivity contribution in [3.63, 3.8) is 0 Å². The molecule has 1 N–H and O–H groups in total. The number of rotatable bonds is 5. The van der Waals surface area contributed by atoms with Crippen LogP contribution in [0.3, 0.4) is 0 Å². The molecule has 2 saturated heterocycles. The SMILES string of the molecule is CN=C(NCCc1sc(C)nc1C)N1CCN(CC(=O)N2CCCCC2)CC1.I. The highest BCUT2D eigenvalue weighted by atomic mass is 127. The number of amides is 1. The standard InChI is InChI=1S/C20H34N6OS.HI/c1-16-18(28-17(2)23-16)7-8-22-20(21-3)26-13-11-24(12-14-26)15-19(27)25-9-5-4-6-10-25;/h4-15H2,1-3H3,(H,21,22);1H. The molecule has 29 heavy (non-hydrogen) atoms. The Morgan fingerprint density at radius 2 is 1.76 bits per heavy atom. The normalized spacial score (nSPS) is 18.5. The van der Waals surface area contributed by atoms with Crippen molar-refractivity contribution in [2.75, 3.05) is 59.4 Å². The van der Waals surface area contributed by atoms with Gasteiger partial charge in [0, 0.05) is 64.2 Å². The van der Waals surface area contributed by atoms with Gasteiger partial charge in [0.1, 0.15) is 0 Å². The summed E-state index contributed by atoms with van der Waals surface area (Å²) in [5, 5.41) is 4.62. The Morgan fingerprint density at radius 1 is 1.07 bits per heavy atom. The van der Waals surface area contributed by atoms with Crippen LogP contribution in [-0.4, -0.2) is 91.0 Å². The third-order valence-corrected chi connectivity index (χ3v) is 6.72. The van der Waals surface area contributed by atoms with Gasteiger partial charge in [0.15, 0.2) is 5.96 Å². The van der Waals surface area contributed by atoms with Crippen LogP contribution in [0.4, 0.5) is 0 Å². The molecule has 0 spiro atoms. The second kappa shape index (κ2) is 12.0. The average molecular weight is 535 g/mol. The first-order chi connectivity index (χ1) is 13.6. The van der Waals surface area contributed by atoms with Crippen molar-refractivity contribution in [2.45, 2.75) is 39.5 Å². The molecule has 0 aliphatic carbocycles. The summed E-state index contributed by atoms with van der Waals surface area (Å²) < 4.78 is 0. The van der Waals surface area contributed by atoms with Gasteiger partial charge in [0.05, 0.1) is 17.2 Å². The van der Waals surface area contributed by atoms with Crippen LogP contribution >= 0.6 is 35.3 Å². The van der Waals surface area contributed by atoms with Crippen LogP contribution in [0.2, 0.25) is 0 Å². The van der Waals surface area contributed by atoms with Crippen molar-refractivity contribution in [1.29, 1.82) is 0 Å². The first-order valence-corrected chi connectivity index (χ1v) is 11.3. The van der Waals surface area contributed by atoms with Crippen molar-refractivity contribution in [2.24, 2.45) is 4.99 Å². The zero-order valence-electron chi connectivity index (χ0n) is 17.9. The fraction of sp³-hybridized carbons (Fsp3) is 0.750. The number of aliphatic imine (C=N–C) groups is 1. The average Bonchev–Trinajstić information content (AvgIpc) is 3.04. The minimum absolute atomic E-state index is 0. The topological polar surface area (TPSA) is 64.1 Å². The van der Waals surface area contributed by atoms with E-state index in [2.05, 4.69) is 38.9 Å². The van der Waals surface area contributed by atoms with Gasteiger partial charge in [-0.25, -0.2) is 4.98 Å². The van der Waals surface area contributed by atoms with E-state index in [1.165, 1.54) is 11.3 Å². The van der Waals surface area contributed by atoms with E-state index >= 15 is 0 Å². The van der Waals surface area contributed by atoms with E-state index in [1.807, 2.05) is 11.9 Å². The lowest BCUT2D eigenvalue weighted by Gasteiger charge is -2.37. The first-order valence-electron chi connectivity index (χ1n) is 10.5. The zero-order valence-corrected chi connectivity index (χ0v) is 21.1. The first kappa shape index (κ1) is 24.3. The van der Waals surface area contributed by atoms with E-state index in [4.69, 9.17) is 0 Å². The molecule has 0 radical (unpaired) electrons. The van der Waals surface area contributed by atoms with Gasteiger partial charge in [-0.05, 0) is 33.1 Å². The number of halogens is 1. The van der Waals surface area contributed by atoms with E-state index in [0.717, 1.165) is 81.7 Å². The molecule has 2 fully saturated rings. The molecule has 3 rings (SSSR count). The molecule has 2 aliphatic heterocycles. The van der Waals surface area contributed by atoms with E-state index in [1.54, 1.807) is 11.3 Å². The molecule has 9 heteroatoms. The van der Waals surface area contributed by atoms with Crippen LogP contribution in [0.1, 0.15) is 34.8 Å². The Morgan fingerprint density at radius 3 is 2.34 bits per heavy atom. The maximum absolute atomic E-state index is 12.5. The van der Waals surface area contributed by atoms with E-state index in [9.17, 15) is 4.79 Å². The smallest absolute Gasteiger partial charge is 0.236 e. The molecule has 2 aliphatic rings. The van der Waals surface area contributed by atoms with Crippen molar-refractivity contribution < 1.29 is 4.79 Å². The minimum atomic E-state index is 0. The molecule has 1 aromatic heterocycles. The number of hydrogen-bond donors (Lipinski definition) is 1. The summed E-state index contributed by atoms with van der Waals surface area (Å²) >= 11 is 1.78. The Balaban J connectivity index is 0.00000300. The number of aromatic nitrogens is 1. The molecule has 0 saturated carbocycles. The predicted molar refractivity (Wildman–Crippen MR) is 131 cm³/mol. The summed E-state index contributed by atoms with van der Waals surface area (Å²) in [5.41, 5.74) is 1.14. The summed E-state index contributed by atoms with van der Waals surface area (Å²) in [6.07, 6.45) is 4.54. The number of piperazine rings is 1. The number of aryl methyl sites for hydroxylation is 2. The highest BCUT2D eigenvalue weighted by Crippen LogP contribution is 2.17. The van der Waals surface area contributed by atoms with Crippen LogP contribution in [0.5, 0.6) is 0 Å². The van der Waals surface area contributed by atoms with Crippen molar-refractivity contribution in [3.8, 4) is 0 Å². The van der Waals surface area contributed by atoms with Crippen LogP contribution in [-0.2, 0) is 11.2 Å². The van der Waals surface area contributed by atoms with Gasteiger partial charge in [-0.2, -0.15) is 0 Å². The minimum Gasteiger partial charge on any atom is -0.356 e. The molecule has 164 valence electrons. The van der Waals surface area contributed by atoms with Crippen LogP contribution in [0.25, 0.3) is 0 Å². The molecule has 0 unspecified atom stereocenters. The fourth-order valence-electron chi connectivity index (χ4n) is 3.98. The lowest BCUT2D eigenvalue weighted by Crippen LogP contribution is -2.54. The highest BCUT2D eigenvalue weighted by molar-refractivity contribution is 14.0. The van der Waals surface area contributed by atoms with Gasteiger partial charge in [0.2, 0.25) is 5.91 Å². The summed E-state index contributed by atoms with van der Waals surface area (Å²) in [6, 6.07) is 0. The number of likely N-dealkylation sites (tertiary alicyclic amines) is 1. The van der Waals surface area contributed by atoms with Crippen molar-refractivity contribution in [1.82, 2.24) is 25.0 Å². The summed E-state index contributed by atoms with van der Waals surface area (Å²) in [7, 11) is 1.84. The lowest BCUT2D eigenvalue weighted by atomic mass is 10.1. The van der Waals surface area contributed by atoms with Gasteiger partial charge < -0.3 is 15.1 Å². The van der Waals surface area contributed by atoms with Crippen LogP contribution < -0.4 is 5.32 Å². The number of hydrogen-bond acceptors (Lipinski definition) is 5. The number of nitrogens with zero attached hydrogens (tertiary/aromatic N) is 5. The Kier molecular flexibility index (Phi) is 10.1. The highest BCUT2D eigenvalue weighted by Gasteiger charge is 2.24. The fourth-order valence-corrected chi connectivity index (χ4v) is 4.91. The van der Waals surface area contributed by atoms with Crippen LogP contribution in [0.15, 0.2) is 4.99 Å². The summed E-state index contributed by atoms with van der Waals surface area (Å²) in [5.74, 6) is 1.26. The third-order valence-electron chi connectivity index (χ3n) is 5.59. The number of thiazole rings is 1. The maximum atomic E-state index is 12.5. The summed E-state index contributed by atoms with van der Waals surface area (Å²) in [4.78, 5) is 29.4. The predicted octanol–water partition coefficient (Wildman–Crippen LogP) is 2.13. The quantitative estimate of drug-likeness (QED) is 0.357. The number of carbonyl (C=O) groups is 1. The Labute approximate surface area is 196 Å². The van der Waals surface area contributed by atoms with E-state index in [0.29, 0.717) is 12.5 Å². The number of guanidine groups is 1. The number of piperidine rings is 1. The van der Waals surface area contributed by atoms with Crippen LogP contribution in [0, 0.1) is 13.8 Å². The monoisotopic (exact) mass is 534 g/mol. The van der Waals surface area contributed by atoms with Gasteiger partial charge in [-0.1, -0.05) is 0 Å². The number of carbonyl (C=O) groups excluding carboxylic acids is 1. The molecule has 0 aromatic carbocycles. The molecule has 0 atom stereocenters. The van der Waals surface area contributed by atoms with Crippen molar-refractivity contribution in [3.05, 3.63) is 15.6 Å². The Bertz CT molecular complexity index is 681. The van der Waals surface area contributed by atoms with Gasteiger partial charge in [0.25, 0.3) is 0 Å². The van der Waals surface area contributed by atoms with E-state index < -0.39 is 0 Å². The molecule has 0 bridgehead atoms. The largest absolute Gasteiger partial charge is 0.356 e. The van der Waals surface area contributed by atoms with E-state index in [-0.39, 0.29) is 24.0 Å². The summed E-state index contributed by atoms with van der Waals surface area (Å²) in [6.45, 7) is 11.1. The zero-order chi connectivity index (χ0) is 19.9. The number of nitrogens with one attached hydrogen (secondary N) is 1. The molecule has 1 amide bonds. The van der Waals surface area contributed by atoms with Gasteiger partial charge in [-0.3, -0.25) is 14.7 Å². The molecular weight excluding hydrogens is 499 g/mol. The van der Waals surface area contributed by atoms with Crippen molar-refractivity contribution >= 4 is 47.2 Å². The second-order valence-corrected chi connectivity index (χ2v) is 8.96. The molecule has 3 heterocycles.